The second-order valence-electron chi connectivity index (χ2n) is 13.1. The van der Waals surface area contributed by atoms with E-state index in [2.05, 4.69) is 196 Å². The predicted octanol–water partition coefficient (Wildman–Crippen LogP) is 14.4. The van der Waals surface area contributed by atoms with E-state index < -0.39 is 0 Å². The highest BCUT2D eigenvalue weighted by Crippen LogP contribution is 2.49. The molecule has 2 heterocycles. The van der Waals surface area contributed by atoms with E-state index in [0.29, 0.717) is 0 Å². The van der Waals surface area contributed by atoms with Crippen LogP contribution in [0, 0.1) is 12.3 Å². The van der Waals surface area contributed by atoms with E-state index in [-0.39, 0.29) is 5.41 Å². The van der Waals surface area contributed by atoms with Crippen LogP contribution in [-0.4, -0.2) is 4.57 Å². The number of rotatable bonds is 6. The standard InChI is InChI=1S/C25H19N.C23H27N.C2H6/c1-18-12-14-24-22(16-18)23-17-20(19-8-4-2-5-9-19)13-15-25(23)26(24)21-10-6-3-7-11-21;1-7-14-21-19(9-3)23(5,6)20(10-4)22(15-8-2)24(21)18-16-12-11-13-17-18;1-2/h2-17H,1H3;7-17H,1,4H2,2-3,5-6H3;1-2H3/b;15-8-,19-9+,21-14+;. The van der Waals surface area contributed by atoms with Crippen molar-refractivity contribution in [2.75, 3.05) is 4.90 Å². The molecule has 0 saturated heterocycles. The molecule has 0 aliphatic carbocycles. The molecule has 0 amide bonds. The van der Waals surface area contributed by atoms with Crippen LogP contribution in [0.5, 0.6) is 0 Å². The minimum atomic E-state index is -0.120. The number of anilines is 1. The van der Waals surface area contributed by atoms with Crippen LogP contribution in [-0.2, 0) is 0 Å². The number of aromatic nitrogens is 1. The second kappa shape index (κ2) is 16.9. The number of hydrogen-bond donors (Lipinski definition) is 0. The molecule has 0 radical (unpaired) electrons. The van der Waals surface area contributed by atoms with E-state index in [9.17, 15) is 0 Å². The van der Waals surface area contributed by atoms with Crippen LogP contribution in [0.25, 0.3) is 38.6 Å². The minimum Gasteiger partial charge on any atom is -0.310 e. The quantitative estimate of drug-likeness (QED) is 0.170. The van der Waals surface area contributed by atoms with Crippen LogP contribution in [0.1, 0.15) is 47.1 Å². The number of allylic oxidation sites excluding steroid dienone is 8. The monoisotopic (exact) mass is 680 g/mol. The van der Waals surface area contributed by atoms with Gasteiger partial charge in [-0.25, -0.2) is 0 Å². The molecule has 0 fully saturated rings. The first kappa shape index (κ1) is 37.4. The fraction of sp³-hybridized carbons (Fsp3) is 0.160. The van der Waals surface area contributed by atoms with Crippen molar-refractivity contribution >= 4 is 27.5 Å². The maximum Gasteiger partial charge on any atom is 0.0541 e. The second-order valence-corrected chi connectivity index (χ2v) is 13.1. The fourth-order valence-electron chi connectivity index (χ4n) is 7.28. The molecule has 52 heavy (non-hydrogen) atoms. The van der Waals surface area contributed by atoms with E-state index in [1.807, 2.05) is 39.0 Å². The minimum absolute atomic E-state index is 0.120. The van der Waals surface area contributed by atoms with Crippen molar-refractivity contribution in [1.82, 2.24) is 4.57 Å². The van der Waals surface area contributed by atoms with Gasteiger partial charge in [0.25, 0.3) is 0 Å². The molecule has 0 saturated carbocycles. The Balaban J connectivity index is 0.000000193. The summed E-state index contributed by atoms with van der Waals surface area (Å²) < 4.78 is 2.36. The van der Waals surface area contributed by atoms with E-state index in [1.54, 1.807) is 0 Å². The first-order chi connectivity index (χ1) is 25.3. The van der Waals surface area contributed by atoms with Gasteiger partial charge in [-0.15, -0.1) is 0 Å². The lowest BCUT2D eigenvalue weighted by atomic mass is 9.71. The van der Waals surface area contributed by atoms with Gasteiger partial charge in [-0.1, -0.05) is 150 Å². The van der Waals surface area contributed by atoms with E-state index in [0.717, 1.165) is 17.1 Å². The molecule has 0 atom stereocenters. The van der Waals surface area contributed by atoms with Gasteiger partial charge in [-0.3, -0.25) is 0 Å². The fourth-order valence-corrected chi connectivity index (χ4v) is 7.28. The number of nitrogens with zero attached hydrogens (tertiary/aromatic N) is 2. The topological polar surface area (TPSA) is 8.17 Å². The Labute approximate surface area is 311 Å². The molecule has 1 aliphatic rings. The molecule has 0 bridgehead atoms. The maximum absolute atomic E-state index is 4.10. The Morgan fingerprint density at radius 2 is 1.19 bits per heavy atom. The SMILES string of the molecule is C=C/C=C1\C(=C/C)C(C)(C)C(C=C)=C(/C=C\C)N1c1ccccc1.CC.Cc1ccc2c(c1)c1cc(-c3ccccc3)ccc1n2-c1ccccc1. The lowest BCUT2D eigenvalue weighted by Crippen LogP contribution is -2.36. The summed E-state index contributed by atoms with van der Waals surface area (Å²) in [7, 11) is 0. The molecule has 2 nitrogen and oxygen atoms in total. The summed E-state index contributed by atoms with van der Waals surface area (Å²) in [5, 5.41) is 2.61. The maximum atomic E-state index is 4.10. The van der Waals surface area contributed by atoms with Crippen molar-refractivity contribution in [3.8, 4) is 16.8 Å². The van der Waals surface area contributed by atoms with Crippen LogP contribution in [0.3, 0.4) is 0 Å². The molecule has 7 rings (SSSR count). The van der Waals surface area contributed by atoms with E-state index in [1.165, 1.54) is 55.3 Å². The number of aryl methyl sites for hydroxylation is 1. The Bertz CT molecular complexity index is 2270. The van der Waals surface area contributed by atoms with Crippen LogP contribution in [0.4, 0.5) is 5.69 Å². The molecule has 1 aliphatic heterocycles. The van der Waals surface area contributed by atoms with Crippen LogP contribution < -0.4 is 4.90 Å². The molecule has 262 valence electrons. The largest absolute Gasteiger partial charge is 0.310 e. The normalized spacial score (nSPS) is 15.4. The van der Waals surface area contributed by atoms with Gasteiger partial charge in [-0.2, -0.15) is 0 Å². The number of fused-ring (bicyclic) bond motifs is 3. The number of para-hydroxylation sites is 2. The Morgan fingerprint density at radius 1 is 0.635 bits per heavy atom. The van der Waals surface area contributed by atoms with Gasteiger partial charge in [0, 0.05) is 39.0 Å². The molecule has 0 unspecified atom stereocenters. The van der Waals surface area contributed by atoms with Gasteiger partial charge in [0.15, 0.2) is 0 Å². The predicted molar refractivity (Wildman–Crippen MR) is 229 cm³/mol. The molecular formula is C50H52N2. The van der Waals surface area contributed by atoms with Crippen LogP contribution in [0.2, 0.25) is 0 Å². The van der Waals surface area contributed by atoms with Crippen molar-refractivity contribution in [3.05, 3.63) is 205 Å². The van der Waals surface area contributed by atoms with Crippen LogP contribution in [0.15, 0.2) is 200 Å². The van der Waals surface area contributed by atoms with Gasteiger partial charge in [0.1, 0.15) is 0 Å². The van der Waals surface area contributed by atoms with E-state index >= 15 is 0 Å². The summed E-state index contributed by atoms with van der Waals surface area (Å²) in [5.41, 5.74) is 13.3. The van der Waals surface area contributed by atoms with Gasteiger partial charge in [0.2, 0.25) is 0 Å². The average Bonchev–Trinajstić information content (AvgIpc) is 3.50. The third kappa shape index (κ3) is 7.29. The summed E-state index contributed by atoms with van der Waals surface area (Å²) in [6, 6.07) is 45.2. The lowest BCUT2D eigenvalue weighted by Gasteiger charge is -2.44. The zero-order valence-electron chi connectivity index (χ0n) is 31.9. The Morgan fingerprint density at radius 3 is 1.75 bits per heavy atom. The molecule has 2 heteroatoms. The van der Waals surface area contributed by atoms with Gasteiger partial charge in [0.05, 0.1) is 11.0 Å². The summed E-state index contributed by atoms with van der Waals surface area (Å²) in [5.74, 6) is 0. The molecule has 6 aromatic rings. The zero-order chi connectivity index (χ0) is 37.3. The van der Waals surface area contributed by atoms with Gasteiger partial charge in [-0.05, 0) is 104 Å². The summed E-state index contributed by atoms with van der Waals surface area (Å²) in [6.45, 7) is 22.8. The van der Waals surface area contributed by atoms with Crippen molar-refractivity contribution in [1.29, 1.82) is 0 Å². The Kier molecular flexibility index (Phi) is 12.2. The third-order valence-corrected chi connectivity index (χ3v) is 9.53. The highest BCUT2D eigenvalue weighted by atomic mass is 15.2. The molecule has 0 spiro atoms. The smallest absolute Gasteiger partial charge is 0.0541 e. The van der Waals surface area contributed by atoms with E-state index in [4.69, 9.17) is 0 Å². The molecule has 5 aromatic carbocycles. The number of hydrogen-bond acceptors (Lipinski definition) is 1. The van der Waals surface area contributed by atoms with Crippen molar-refractivity contribution < 1.29 is 0 Å². The van der Waals surface area contributed by atoms with Gasteiger partial charge < -0.3 is 9.47 Å². The summed E-state index contributed by atoms with van der Waals surface area (Å²) in [6.07, 6.45) is 12.4. The highest BCUT2D eigenvalue weighted by Gasteiger charge is 2.38. The van der Waals surface area contributed by atoms with Crippen LogP contribution >= 0.6 is 0 Å². The number of benzene rings is 5. The van der Waals surface area contributed by atoms with Crippen molar-refractivity contribution in [2.24, 2.45) is 5.41 Å². The molecule has 0 N–H and O–H groups in total. The highest BCUT2D eigenvalue weighted by molar-refractivity contribution is 6.10. The van der Waals surface area contributed by atoms with Crippen molar-refractivity contribution in [3.63, 3.8) is 0 Å². The third-order valence-electron chi connectivity index (χ3n) is 9.53. The first-order valence-corrected chi connectivity index (χ1v) is 18.3. The van der Waals surface area contributed by atoms with Crippen molar-refractivity contribution in [2.45, 2.75) is 48.5 Å². The average molecular weight is 681 g/mol. The zero-order valence-corrected chi connectivity index (χ0v) is 31.9. The lowest BCUT2D eigenvalue weighted by molar-refractivity contribution is 0.535. The summed E-state index contributed by atoms with van der Waals surface area (Å²) >= 11 is 0. The molecular weight excluding hydrogens is 629 g/mol. The molecule has 1 aromatic heterocycles. The first-order valence-electron chi connectivity index (χ1n) is 18.3. The summed E-state index contributed by atoms with van der Waals surface area (Å²) in [4.78, 5) is 2.29. The Hall–Kier alpha value is -5.86. The van der Waals surface area contributed by atoms with Gasteiger partial charge >= 0.3 is 0 Å².